The lowest BCUT2D eigenvalue weighted by Crippen LogP contribution is -2.35. The molecule has 1 aliphatic carbocycles. The first kappa shape index (κ1) is 11.4. The summed E-state index contributed by atoms with van der Waals surface area (Å²) >= 11 is 0. The first-order chi connectivity index (χ1) is 8.83. The lowest BCUT2D eigenvalue weighted by atomic mass is 9.96. The summed E-state index contributed by atoms with van der Waals surface area (Å²) in [5, 5.41) is 0. The predicted molar refractivity (Wildman–Crippen MR) is 66.8 cm³/mol. The molecule has 3 rings (SSSR count). The number of ketones is 1. The number of rotatable bonds is 3. The number of aromatic nitrogens is 2. The van der Waals surface area contributed by atoms with Crippen LogP contribution in [-0.4, -0.2) is 34.9 Å². The second-order valence-corrected chi connectivity index (χ2v) is 4.91. The van der Waals surface area contributed by atoms with Gasteiger partial charge in [0.2, 0.25) is 5.88 Å². The van der Waals surface area contributed by atoms with E-state index in [1.807, 2.05) is 0 Å². The SMILES string of the molecule is O=C1CCN(c2cncnc2OC2CCC2)CC1. The lowest BCUT2D eigenvalue weighted by molar-refractivity contribution is -0.119. The fourth-order valence-electron chi connectivity index (χ4n) is 2.26. The fraction of sp³-hybridized carbons (Fsp3) is 0.615. The highest BCUT2D eigenvalue weighted by molar-refractivity contribution is 5.81. The smallest absolute Gasteiger partial charge is 0.240 e. The first-order valence-electron chi connectivity index (χ1n) is 6.56. The summed E-state index contributed by atoms with van der Waals surface area (Å²) in [6.45, 7) is 1.49. The van der Waals surface area contributed by atoms with Gasteiger partial charge in [-0.3, -0.25) is 4.79 Å². The van der Waals surface area contributed by atoms with Gasteiger partial charge in [0.25, 0.3) is 0 Å². The lowest BCUT2D eigenvalue weighted by Gasteiger charge is -2.31. The molecule has 1 aliphatic heterocycles. The molecule has 1 saturated carbocycles. The molecule has 0 spiro atoms. The average molecular weight is 247 g/mol. The second kappa shape index (κ2) is 4.92. The van der Waals surface area contributed by atoms with Crippen molar-refractivity contribution in [2.75, 3.05) is 18.0 Å². The highest BCUT2D eigenvalue weighted by Crippen LogP contribution is 2.31. The van der Waals surface area contributed by atoms with Crippen molar-refractivity contribution in [3.63, 3.8) is 0 Å². The van der Waals surface area contributed by atoms with Gasteiger partial charge in [0.05, 0.1) is 6.20 Å². The number of carbonyl (C=O) groups is 1. The zero-order chi connectivity index (χ0) is 12.4. The number of piperidine rings is 1. The van der Waals surface area contributed by atoms with E-state index in [4.69, 9.17) is 4.74 Å². The van der Waals surface area contributed by atoms with Crippen LogP contribution in [0.15, 0.2) is 12.5 Å². The van der Waals surface area contributed by atoms with Gasteiger partial charge in [0, 0.05) is 25.9 Å². The third-order valence-corrected chi connectivity index (χ3v) is 3.65. The first-order valence-corrected chi connectivity index (χ1v) is 6.56. The van der Waals surface area contributed by atoms with Gasteiger partial charge < -0.3 is 9.64 Å². The van der Waals surface area contributed by atoms with Crippen molar-refractivity contribution < 1.29 is 9.53 Å². The Morgan fingerprint density at radius 2 is 2.06 bits per heavy atom. The van der Waals surface area contributed by atoms with Crippen molar-refractivity contribution in [2.24, 2.45) is 0 Å². The maximum atomic E-state index is 11.3. The van der Waals surface area contributed by atoms with E-state index in [1.165, 1.54) is 12.7 Å². The van der Waals surface area contributed by atoms with Gasteiger partial charge in [-0.25, -0.2) is 4.98 Å². The van der Waals surface area contributed by atoms with Crippen LogP contribution in [0.1, 0.15) is 32.1 Å². The average Bonchev–Trinajstić information content (AvgIpc) is 2.35. The van der Waals surface area contributed by atoms with E-state index in [9.17, 15) is 4.79 Å². The maximum absolute atomic E-state index is 11.3. The zero-order valence-electron chi connectivity index (χ0n) is 10.3. The van der Waals surface area contributed by atoms with E-state index >= 15 is 0 Å². The van der Waals surface area contributed by atoms with Crippen molar-refractivity contribution >= 4 is 11.5 Å². The normalized spacial score (nSPS) is 20.7. The van der Waals surface area contributed by atoms with E-state index in [-0.39, 0.29) is 0 Å². The third-order valence-electron chi connectivity index (χ3n) is 3.65. The molecule has 18 heavy (non-hydrogen) atoms. The number of nitrogens with zero attached hydrogens (tertiary/aromatic N) is 3. The molecule has 0 bridgehead atoms. The van der Waals surface area contributed by atoms with Gasteiger partial charge in [-0.1, -0.05) is 0 Å². The Morgan fingerprint density at radius 1 is 1.28 bits per heavy atom. The summed E-state index contributed by atoms with van der Waals surface area (Å²) in [6.07, 6.45) is 8.30. The molecule has 5 heteroatoms. The Morgan fingerprint density at radius 3 is 2.72 bits per heavy atom. The Hall–Kier alpha value is -1.65. The quantitative estimate of drug-likeness (QED) is 0.811. The highest BCUT2D eigenvalue weighted by atomic mass is 16.5. The van der Waals surface area contributed by atoms with E-state index in [2.05, 4.69) is 14.9 Å². The molecule has 2 fully saturated rings. The molecular formula is C13H17N3O2. The molecule has 2 heterocycles. The molecule has 0 amide bonds. The van der Waals surface area contributed by atoms with Gasteiger partial charge in [-0.15, -0.1) is 0 Å². The summed E-state index contributed by atoms with van der Waals surface area (Å²) in [4.78, 5) is 21.7. The van der Waals surface area contributed by atoms with Gasteiger partial charge >= 0.3 is 0 Å². The molecule has 1 aromatic heterocycles. The Labute approximate surface area is 106 Å². The van der Waals surface area contributed by atoms with Crippen molar-refractivity contribution in [1.82, 2.24) is 9.97 Å². The van der Waals surface area contributed by atoms with Crippen LogP contribution in [0.4, 0.5) is 5.69 Å². The van der Waals surface area contributed by atoms with Gasteiger partial charge in [0.1, 0.15) is 23.9 Å². The van der Waals surface area contributed by atoms with E-state index < -0.39 is 0 Å². The topological polar surface area (TPSA) is 55.3 Å². The number of hydrogen-bond donors (Lipinski definition) is 0. The molecular weight excluding hydrogens is 230 g/mol. The van der Waals surface area contributed by atoms with Gasteiger partial charge in [0.15, 0.2) is 0 Å². The summed E-state index contributed by atoms with van der Waals surface area (Å²) in [5.74, 6) is 1.01. The standard InChI is InChI=1S/C13H17N3O2/c17-10-4-6-16(7-5-10)12-8-14-9-15-13(12)18-11-2-1-3-11/h8-9,11H,1-7H2. The van der Waals surface area contributed by atoms with Crippen LogP contribution in [-0.2, 0) is 4.79 Å². The zero-order valence-corrected chi connectivity index (χ0v) is 10.3. The van der Waals surface area contributed by atoms with Crippen molar-refractivity contribution in [1.29, 1.82) is 0 Å². The minimum absolute atomic E-state index is 0.310. The minimum atomic E-state index is 0.310. The molecule has 5 nitrogen and oxygen atoms in total. The molecule has 2 aliphatic rings. The van der Waals surface area contributed by atoms with Crippen LogP contribution >= 0.6 is 0 Å². The number of anilines is 1. The number of hydrogen-bond acceptors (Lipinski definition) is 5. The van der Waals surface area contributed by atoms with Gasteiger partial charge in [-0.2, -0.15) is 4.98 Å². The van der Waals surface area contributed by atoms with Crippen LogP contribution in [0.3, 0.4) is 0 Å². The molecule has 0 aromatic carbocycles. The minimum Gasteiger partial charge on any atom is -0.473 e. The number of ether oxygens (including phenoxy) is 1. The van der Waals surface area contributed by atoms with E-state index in [0.717, 1.165) is 31.6 Å². The van der Waals surface area contributed by atoms with Crippen molar-refractivity contribution in [2.45, 2.75) is 38.2 Å². The molecule has 96 valence electrons. The van der Waals surface area contributed by atoms with E-state index in [0.29, 0.717) is 30.6 Å². The monoisotopic (exact) mass is 247 g/mol. The molecule has 1 aromatic rings. The maximum Gasteiger partial charge on any atom is 0.240 e. The van der Waals surface area contributed by atoms with Crippen LogP contribution in [0.5, 0.6) is 5.88 Å². The van der Waals surface area contributed by atoms with Crippen LogP contribution in [0.2, 0.25) is 0 Å². The summed E-state index contributed by atoms with van der Waals surface area (Å²) < 4.78 is 5.88. The Bertz CT molecular complexity index is 436. The number of carbonyl (C=O) groups excluding carboxylic acids is 1. The van der Waals surface area contributed by atoms with E-state index in [1.54, 1.807) is 6.20 Å². The van der Waals surface area contributed by atoms with Crippen molar-refractivity contribution in [3.8, 4) is 5.88 Å². The van der Waals surface area contributed by atoms with Crippen LogP contribution < -0.4 is 9.64 Å². The summed E-state index contributed by atoms with van der Waals surface area (Å²) in [6, 6.07) is 0. The molecule has 1 saturated heterocycles. The van der Waals surface area contributed by atoms with Crippen LogP contribution in [0.25, 0.3) is 0 Å². The largest absolute Gasteiger partial charge is 0.473 e. The molecule has 0 atom stereocenters. The fourth-order valence-corrected chi connectivity index (χ4v) is 2.26. The van der Waals surface area contributed by atoms with Gasteiger partial charge in [-0.05, 0) is 19.3 Å². The Balaban J connectivity index is 1.75. The molecule has 0 N–H and O–H groups in total. The summed E-state index contributed by atoms with van der Waals surface area (Å²) in [7, 11) is 0. The third kappa shape index (κ3) is 2.30. The molecule has 0 radical (unpaired) electrons. The van der Waals surface area contributed by atoms with Crippen LogP contribution in [0, 0.1) is 0 Å². The predicted octanol–water partition coefficient (Wildman–Crippen LogP) is 1.58. The molecule has 0 unspecified atom stereocenters. The number of Topliss-reactive ketones (excluding diaryl/α,β-unsaturated/α-hetero) is 1. The highest BCUT2D eigenvalue weighted by Gasteiger charge is 2.24. The Kier molecular flexibility index (Phi) is 3.13. The second-order valence-electron chi connectivity index (χ2n) is 4.91. The summed E-state index contributed by atoms with van der Waals surface area (Å²) in [5.41, 5.74) is 0.928. The van der Waals surface area contributed by atoms with Crippen molar-refractivity contribution in [3.05, 3.63) is 12.5 Å².